The van der Waals surface area contributed by atoms with Crippen LogP contribution in [0.1, 0.15) is 18.5 Å². The van der Waals surface area contributed by atoms with E-state index < -0.39 is 0 Å². The number of anilines is 1. The summed E-state index contributed by atoms with van der Waals surface area (Å²) in [4.78, 5) is 6.82. The molecular formula is C9H15N3S. The maximum atomic E-state index is 5.57. The van der Waals surface area contributed by atoms with Gasteiger partial charge >= 0.3 is 0 Å². The van der Waals surface area contributed by atoms with E-state index >= 15 is 0 Å². The average Bonchev–Trinajstić information content (AvgIpc) is 2.85. The summed E-state index contributed by atoms with van der Waals surface area (Å²) in [5, 5.41) is 3.24. The van der Waals surface area contributed by atoms with E-state index in [0.29, 0.717) is 6.04 Å². The van der Waals surface area contributed by atoms with Gasteiger partial charge in [0.25, 0.3) is 0 Å². The van der Waals surface area contributed by atoms with E-state index in [1.54, 1.807) is 11.3 Å². The predicted molar refractivity (Wildman–Crippen MR) is 56.3 cm³/mol. The smallest absolute Gasteiger partial charge is 0.185 e. The van der Waals surface area contributed by atoms with Crippen LogP contribution in [0.15, 0.2) is 5.38 Å². The molecule has 1 aliphatic rings. The van der Waals surface area contributed by atoms with Crippen molar-refractivity contribution in [2.24, 2.45) is 5.73 Å². The molecule has 0 aliphatic heterocycles. The van der Waals surface area contributed by atoms with Crippen molar-refractivity contribution < 1.29 is 0 Å². The van der Waals surface area contributed by atoms with Gasteiger partial charge in [0.1, 0.15) is 0 Å². The topological polar surface area (TPSA) is 42.1 Å². The zero-order valence-corrected chi connectivity index (χ0v) is 8.68. The van der Waals surface area contributed by atoms with E-state index in [0.717, 1.165) is 23.9 Å². The molecule has 0 atom stereocenters. The van der Waals surface area contributed by atoms with E-state index in [2.05, 4.69) is 15.3 Å². The van der Waals surface area contributed by atoms with Gasteiger partial charge in [-0.3, -0.25) is 0 Å². The minimum atomic E-state index is 0.717. The zero-order chi connectivity index (χ0) is 9.26. The predicted octanol–water partition coefficient (Wildman–Crippen LogP) is 1.38. The van der Waals surface area contributed by atoms with E-state index in [1.165, 1.54) is 12.8 Å². The molecule has 1 aliphatic carbocycles. The van der Waals surface area contributed by atoms with Gasteiger partial charge in [-0.15, -0.1) is 11.3 Å². The van der Waals surface area contributed by atoms with Gasteiger partial charge in [-0.1, -0.05) is 0 Å². The summed E-state index contributed by atoms with van der Waals surface area (Å²) in [6.07, 6.45) is 2.61. The Morgan fingerprint density at radius 3 is 2.92 bits per heavy atom. The largest absolute Gasteiger partial charge is 0.344 e. The Bertz CT molecular complexity index is 280. The van der Waals surface area contributed by atoms with Crippen molar-refractivity contribution in [3.05, 3.63) is 11.1 Å². The van der Waals surface area contributed by atoms with Crippen molar-refractivity contribution in [2.45, 2.75) is 25.8 Å². The number of aromatic nitrogens is 1. The molecule has 3 nitrogen and oxygen atoms in total. The molecule has 0 aromatic carbocycles. The molecule has 4 heteroatoms. The maximum Gasteiger partial charge on any atom is 0.185 e. The highest BCUT2D eigenvalue weighted by Gasteiger charge is 2.30. The summed E-state index contributed by atoms with van der Waals surface area (Å²) >= 11 is 1.73. The van der Waals surface area contributed by atoms with Crippen molar-refractivity contribution in [2.75, 3.05) is 18.0 Å². The molecule has 0 unspecified atom stereocenters. The summed E-state index contributed by atoms with van der Waals surface area (Å²) < 4.78 is 0. The molecule has 0 saturated heterocycles. The van der Waals surface area contributed by atoms with Crippen molar-refractivity contribution in [3.8, 4) is 0 Å². The average molecular weight is 197 g/mol. The highest BCUT2D eigenvalue weighted by Crippen LogP contribution is 2.32. The fraction of sp³-hybridized carbons (Fsp3) is 0.667. The maximum absolute atomic E-state index is 5.57. The van der Waals surface area contributed by atoms with Crippen LogP contribution in [-0.2, 0) is 0 Å². The second-order valence-electron chi connectivity index (χ2n) is 3.48. The van der Waals surface area contributed by atoms with Gasteiger partial charge in [-0.2, -0.15) is 0 Å². The first-order valence-electron chi connectivity index (χ1n) is 4.70. The van der Waals surface area contributed by atoms with Gasteiger partial charge in [0.2, 0.25) is 0 Å². The third-order valence-corrected chi connectivity index (χ3v) is 3.21. The monoisotopic (exact) mass is 197 g/mol. The van der Waals surface area contributed by atoms with Crippen LogP contribution in [0.5, 0.6) is 0 Å². The number of thiazole rings is 1. The van der Waals surface area contributed by atoms with Crippen LogP contribution in [0.2, 0.25) is 0 Å². The summed E-state index contributed by atoms with van der Waals surface area (Å²) in [5.41, 5.74) is 6.69. The molecule has 0 radical (unpaired) electrons. The minimum Gasteiger partial charge on any atom is -0.344 e. The highest BCUT2D eigenvalue weighted by atomic mass is 32.1. The van der Waals surface area contributed by atoms with Gasteiger partial charge in [0.15, 0.2) is 5.13 Å². The van der Waals surface area contributed by atoms with Crippen LogP contribution in [0, 0.1) is 6.92 Å². The third kappa shape index (κ3) is 2.00. The molecule has 1 aromatic rings. The molecule has 0 bridgehead atoms. The molecular weight excluding hydrogens is 182 g/mol. The number of hydrogen-bond acceptors (Lipinski definition) is 4. The highest BCUT2D eigenvalue weighted by molar-refractivity contribution is 7.13. The lowest BCUT2D eigenvalue weighted by Crippen LogP contribution is -2.31. The second kappa shape index (κ2) is 3.64. The fourth-order valence-electron chi connectivity index (χ4n) is 1.43. The Hall–Kier alpha value is -0.610. The van der Waals surface area contributed by atoms with Crippen molar-refractivity contribution in [3.63, 3.8) is 0 Å². The Morgan fingerprint density at radius 1 is 1.69 bits per heavy atom. The molecule has 1 aromatic heterocycles. The molecule has 1 heterocycles. The van der Waals surface area contributed by atoms with Crippen LogP contribution >= 0.6 is 11.3 Å². The molecule has 0 amide bonds. The molecule has 0 spiro atoms. The summed E-state index contributed by atoms with van der Waals surface area (Å²) in [6.45, 7) is 3.69. The van der Waals surface area contributed by atoms with Crippen LogP contribution in [0.25, 0.3) is 0 Å². The summed E-state index contributed by atoms with van der Waals surface area (Å²) in [5.74, 6) is 0. The lowest BCUT2D eigenvalue weighted by Gasteiger charge is -2.19. The Labute approximate surface area is 82.6 Å². The molecule has 1 fully saturated rings. The fourth-order valence-corrected chi connectivity index (χ4v) is 2.33. The molecule has 13 heavy (non-hydrogen) atoms. The second-order valence-corrected chi connectivity index (χ2v) is 4.32. The van der Waals surface area contributed by atoms with Crippen molar-refractivity contribution in [1.82, 2.24) is 4.98 Å². The van der Waals surface area contributed by atoms with Crippen LogP contribution in [-0.4, -0.2) is 24.1 Å². The zero-order valence-electron chi connectivity index (χ0n) is 7.86. The van der Waals surface area contributed by atoms with Crippen LogP contribution < -0.4 is 10.6 Å². The normalized spacial score (nSPS) is 16.2. The van der Waals surface area contributed by atoms with E-state index in [1.807, 2.05) is 6.92 Å². The molecule has 2 N–H and O–H groups in total. The van der Waals surface area contributed by atoms with Gasteiger partial charge in [-0.05, 0) is 19.8 Å². The summed E-state index contributed by atoms with van der Waals surface area (Å²) in [7, 11) is 0. The minimum absolute atomic E-state index is 0.717. The van der Waals surface area contributed by atoms with Gasteiger partial charge in [-0.25, -0.2) is 4.98 Å². The first-order chi connectivity index (χ1) is 6.31. The Kier molecular flexibility index (Phi) is 2.51. The van der Waals surface area contributed by atoms with Gasteiger partial charge in [0, 0.05) is 24.5 Å². The lowest BCUT2D eigenvalue weighted by atomic mass is 10.5. The van der Waals surface area contributed by atoms with Crippen molar-refractivity contribution >= 4 is 16.5 Å². The van der Waals surface area contributed by atoms with E-state index in [4.69, 9.17) is 5.73 Å². The van der Waals surface area contributed by atoms with E-state index in [-0.39, 0.29) is 0 Å². The summed E-state index contributed by atoms with van der Waals surface area (Å²) in [6, 6.07) is 0.717. The third-order valence-electron chi connectivity index (χ3n) is 2.21. The quantitative estimate of drug-likeness (QED) is 0.793. The van der Waals surface area contributed by atoms with Crippen LogP contribution in [0.4, 0.5) is 5.13 Å². The standard InChI is InChI=1S/C9H15N3S/c1-7-6-13-9(11-7)12(5-4-10)8-2-3-8/h6,8H,2-5,10H2,1H3. The molecule has 72 valence electrons. The Balaban J connectivity index is 2.10. The first kappa shape index (κ1) is 8.97. The molecule has 1 saturated carbocycles. The number of aryl methyl sites for hydroxylation is 1. The molecule has 2 rings (SSSR count). The lowest BCUT2D eigenvalue weighted by molar-refractivity contribution is 0.780. The number of nitrogens with two attached hydrogens (primary N) is 1. The van der Waals surface area contributed by atoms with Gasteiger partial charge < -0.3 is 10.6 Å². The van der Waals surface area contributed by atoms with Crippen LogP contribution in [0.3, 0.4) is 0 Å². The SMILES string of the molecule is Cc1csc(N(CCN)C2CC2)n1. The van der Waals surface area contributed by atoms with E-state index in [9.17, 15) is 0 Å². The van der Waals surface area contributed by atoms with Crippen molar-refractivity contribution in [1.29, 1.82) is 0 Å². The first-order valence-corrected chi connectivity index (χ1v) is 5.58. The Morgan fingerprint density at radius 2 is 2.46 bits per heavy atom. The number of hydrogen-bond donors (Lipinski definition) is 1. The number of nitrogens with zero attached hydrogens (tertiary/aromatic N) is 2. The number of rotatable bonds is 4. The van der Waals surface area contributed by atoms with Gasteiger partial charge in [0.05, 0.1) is 5.69 Å².